The summed E-state index contributed by atoms with van der Waals surface area (Å²) in [5.41, 5.74) is 3.61. The second-order valence-corrected chi connectivity index (χ2v) is 5.87. The zero-order chi connectivity index (χ0) is 16.8. The van der Waals surface area contributed by atoms with E-state index in [1.54, 1.807) is 7.11 Å². The summed E-state index contributed by atoms with van der Waals surface area (Å²) in [5, 5.41) is 3.84. The number of aromatic amines is 1. The fraction of sp³-hybridized carbons (Fsp3) is 0.444. The number of aryl methyl sites for hydroxylation is 3. The lowest BCUT2D eigenvalue weighted by Crippen LogP contribution is -2.26. The molecular formula is C18H24N2O3. The van der Waals surface area contributed by atoms with Crippen LogP contribution in [0.4, 0.5) is 0 Å². The number of aromatic nitrogens is 1. The summed E-state index contributed by atoms with van der Waals surface area (Å²) >= 11 is 0. The van der Waals surface area contributed by atoms with Crippen molar-refractivity contribution in [2.75, 3.05) is 20.3 Å². The van der Waals surface area contributed by atoms with Crippen LogP contribution >= 0.6 is 0 Å². The van der Waals surface area contributed by atoms with E-state index >= 15 is 0 Å². The molecule has 1 aromatic heterocycles. The molecule has 5 heteroatoms. The second kappa shape index (κ2) is 7.92. The molecule has 0 fully saturated rings. The van der Waals surface area contributed by atoms with E-state index in [1.165, 1.54) is 0 Å². The van der Waals surface area contributed by atoms with E-state index < -0.39 is 0 Å². The van der Waals surface area contributed by atoms with Gasteiger partial charge in [-0.3, -0.25) is 9.59 Å². The van der Waals surface area contributed by atoms with Crippen LogP contribution < -0.4 is 10.9 Å². The standard InChI is InChI=1S/C18H24N2O3/c1-12-9-13(2)17-15(10-12)11-14(18(22)20-17)5-6-16(21)19-7-4-8-23-3/h9-11H,4-8H2,1-3H3,(H,19,21)(H,20,22). The second-order valence-electron chi connectivity index (χ2n) is 5.87. The third-order valence-corrected chi connectivity index (χ3v) is 3.84. The average molecular weight is 316 g/mol. The Hall–Kier alpha value is -2.14. The Morgan fingerprint density at radius 1 is 1.26 bits per heavy atom. The highest BCUT2D eigenvalue weighted by Crippen LogP contribution is 2.18. The zero-order valence-electron chi connectivity index (χ0n) is 14.0. The number of pyridine rings is 1. The number of benzene rings is 1. The Bertz CT molecular complexity index is 750. The molecule has 0 aliphatic rings. The van der Waals surface area contributed by atoms with Crippen molar-refractivity contribution in [2.45, 2.75) is 33.1 Å². The van der Waals surface area contributed by atoms with Crippen LogP contribution in [0.5, 0.6) is 0 Å². The van der Waals surface area contributed by atoms with E-state index in [-0.39, 0.29) is 11.5 Å². The number of carbonyl (C=O) groups is 1. The van der Waals surface area contributed by atoms with Crippen LogP contribution in [0.25, 0.3) is 10.9 Å². The van der Waals surface area contributed by atoms with Gasteiger partial charge in [-0.15, -0.1) is 0 Å². The first kappa shape index (κ1) is 17.2. The molecule has 1 amide bonds. The number of rotatable bonds is 7. The fourth-order valence-electron chi connectivity index (χ4n) is 2.70. The van der Waals surface area contributed by atoms with Gasteiger partial charge in [0.25, 0.3) is 5.56 Å². The maximum Gasteiger partial charge on any atom is 0.251 e. The highest BCUT2D eigenvalue weighted by atomic mass is 16.5. The molecule has 0 saturated heterocycles. The minimum atomic E-state index is -0.114. The molecule has 1 heterocycles. The maximum absolute atomic E-state index is 12.2. The topological polar surface area (TPSA) is 71.2 Å². The summed E-state index contributed by atoms with van der Waals surface area (Å²) in [6.07, 6.45) is 1.54. The molecule has 0 atom stereocenters. The molecule has 124 valence electrons. The first-order chi connectivity index (χ1) is 11.0. The van der Waals surface area contributed by atoms with Gasteiger partial charge in [0.15, 0.2) is 0 Å². The molecule has 0 saturated carbocycles. The number of hydrogen-bond donors (Lipinski definition) is 2. The first-order valence-electron chi connectivity index (χ1n) is 7.90. The van der Waals surface area contributed by atoms with Gasteiger partial charge >= 0.3 is 0 Å². The summed E-state index contributed by atoms with van der Waals surface area (Å²) in [4.78, 5) is 26.9. The van der Waals surface area contributed by atoms with E-state index in [9.17, 15) is 9.59 Å². The lowest BCUT2D eigenvalue weighted by Gasteiger charge is -2.08. The Kier molecular flexibility index (Phi) is 5.93. The Balaban J connectivity index is 2.04. The number of hydrogen-bond acceptors (Lipinski definition) is 3. The van der Waals surface area contributed by atoms with Crippen LogP contribution in [0.1, 0.15) is 29.5 Å². The third-order valence-electron chi connectivity index (χ3n) is 3.84. The molecule has 0 aliphatic carbocycles. The predicted octanol–water partition coefficient (Wildman–Crippen LogP) is 2.23. The number of nitrogens with one attached hydrogen (secondary N) is 2. The van der Waals surface area contributed by atoms with Crippen molar-refractivity contribution in [2.24, 2.45) is 0 Å². The number of methoxy groups -OCH3 is 1. The molecule has 1 aromatic carbocycles. The Labute approximate surface area is 136 Å². The number of H-pyrrole nitrogens is 1. The molecule has 0 spiro atoms. The summed E-state index contributed by atoms with van der Waals surface area (Å²) in [6, 6.07) is 5.99. The van der Waals surface area contributed by atoms with Crippen LogP contribution in [0.3, 0.4) is 0 Å². The van der Waals surface area contributed by atoms with Crippen molar-refractivity contribution < 1.29 is 9.53 Å². The quantitative estimate of drug-likeness (QED) is 0.770. The fourth-order valence-corrected chi connectivity index (χ4v) is 2.70. The van der Waals surface area contributed by atoms with E-state index in [4.69, 9.17) is 4.74 Å². The molecule has 0 bridgehead atoms. The predicted molar refractivity (Wildman–Crippen MR) is 91.9 cm³/mol. The van der Waals surface area contributed by atoms with E-state index in [0.29, 0.717) is 31.6 Å². The molecule has 2 rings (SSSR count). The number of carbonyl (C=O) groups excluding carboxylic acids is 1. The van der Waals surface area contributed by atoms with E-state index in [2.05, 4.69) is 10.3 Å². The Morgan fingerprint density at radius 2 is 2.04 bits per heavy atom. The van der Waals surface area contributed by atoms with Gasteiger partial charge in [-0.25, -0.2) is 0 Å². The SMILES string of the molecule is COCCCNC(=O)CCc1cc2cc(C)cc(C)c2[nH]c1=O. The molecule has 0 radical (unpaired) electrons. The van der Waals surface area contributed by atoms with Crippen molar-refractivity contribution in [1.82, 2.24) is 10.3 Å². The normalized spacial score (nSPS) is 10.9. The van der Waals surface area contributed by atoms with E-state index in [0.717, 1.165) is 28.5 Å². The Morgan fingerprint density at radius 3 is 2.78 bits per heavy atom. The maximum atomic E-state index is 12.2. The van der Waals surface area contributed by atoms with Gasteiger partial charge in [0.2, 0.25) is 5.91 Å². The van der Waals surface area contributed by atoms with Gasteiger partial charge in [-0.05, 0) is 49.8 Å². The van der Waals surface area contributed by atoms with Gasteiger partial charge in [-0.2, -0.15) is 0 Å². The molecule has 2 N–H and O–H groups in total. The van der Waals surface area contributed by atoms with E-state index in [1.807, 2.05) is 32.0 Å². The van der Waals surface area contributed by atoms with Crippen molar-refractivity contribution in [3.63, 3.8) is 0 Å². The lowest BCUT2D eigenvalue weighted by atomic mass is 10.0. The van der Waals surface area contributed by atoms with Crippen LogP contribution in [0.15, 0.2) is 23.0 Å². The smallest absolute Gasteiger partial charge is 0.251 e. The molecule has 2 aromatic rings. The number of amides is 1. The summed E-state index contributed by atoms with van der Waals surface area (Å²) < 4.78 is 4.93. The van der Waals surface area contributed by atoms with Gasteiger partial charge in [0.05, 0.1) is 5.52 Å². The lowest BCUT2D eigenvalue weighted by molar-refractivity contribution is -0.121. The molecule has 5 nitrogen and oxygen atoms in total. The molecular weight excluding hydrogens is 292 g/mol. The zero-order valence-corrected chi connectivity index (χ0v) is 14.0. The molecule has 0 aliphatic heterocycles. The van der Waals surface area contributed by atoms with Crippen molar-refractivity contribution >= 4 is 16.8 Å². The van der Waals surface area contributed by atoms with Crippen molar-refractivity contribution in [3.8, 4) is 0 Å². The van der Waals surface area contributed by atoms with Crippen molar-refractivity contribution in [1.29, 1.82) is 0 Å². The molecule has 0 unspecified atom stereocenters. The third kappa shape index (κ3) is 4.66. The largest absolute Gasteiger partial charge is 0.385 e. The minimum Gasteiger partial charge on any atom is -0.385 e. The van der Waals surface area contributed by atoms with Gasteiger partial charge in [0, 0.05) is 32.2 Å². The van der Waals surface area contributed by atoms with Crippen LogP contribution in [0.2, 0.25) is 0 Å². The van der Waals surface area contributed by atoms with Crippen LogP contribution in [0, 0.1) is 13.8 Å². The number of fused-ring (bicyclic) bond motifs is 1. The van der Waals surface area contributed by atoms with Crippen LogP contribution in [-0.2, 0) is 16.0 Å². The van der Waals surface area contributed by atoms with Gasteiger partial charge in [0.1, 0.15) is 0 Å². The number of ether oxygens (including phenoxy) is 1. The summed E-state index contributed by atoms with van der Waals surface area (Å²) in [6.45, 7) is 5.24. The van der Waals surface area contributed by atoms with Crippen LogP contribution in [-0.4, -0.2) is 31.2 Å². The average Bonchev–Trinajstić information content (AvgIpc) is 2.50. The first-order valence-corrected chi connectivity index (χ1v) is 7.90. The van der Waals surface area contributed by atoms with Gasteiger partial charge in [-0.1, -0.05) is 11.6 Å². The van der Waals surface area contributed by atoms with Gasteiger partial charge < -0.3 is 15.0 Å². The molecule has 23 heavy (non-hydrogen) atoms. The van der Waals surface area contributed by atoms with Crippen molar-refractivity contribution in [3.05, 3.63) is 45.2 Å². The monoisotopic (exact) mass is 316 g/mol. The summed E-state index contributed by atoms with van der Waals surface area (Å²) in [5.74, 6) is -0.0407. The highest BCUT2D eigenvalue weighted by molar-refractivity contribution is 5.83. The summed E-state index contributed by atoms with van der Waals surface area (Å²) in [7, 11) is 1.64. The highest BCUT2D eigenvalue weighted by Gasteiger charge is 2.08. The minimum absolute atomic E-state index is 0.0407.